The zero-order valence-electron chi connectivity index (χ0n) is 16.4. The number of alkyl halides is 3. The molecule has 13 heteroatoms. The first-order valence-corrected chi connectivity index (χ1v) is 11.0. The van der Waals surface area contributed by atoms with Crippen LogP contribution in [0.1, 0.15) is 11.7 Å². The summed E-state index contributed by atoms with van der Waals surface area (Å²) in [7, 11) is -4.34. The van der Waals surface area contributed by atoms with Gasteiger partial charge < -0.3 is 4.74 Å². The van der Waals surface area contributed by atoms with Gasteiger partial charge in [-0.25, -0.2) is 18.4 Å². The fraction of sp³-hybridized carbons (Fsp3) is 0.100. The number of benzene rings is 1. The third-order valence-corrected chi connectivity index (χ3v) is 6.14. The molecule has 3 aromatic heterocycles. The van der Waals surface area contributed by atoms with Gasteiger partial charge in [0.1, 0.15) is 10.4 Å². The summed E-state index contributed by atoms with van der Waals surface area (Å²) in [6.07, 6.45) is -2.43. The molecule has 4 rings (SSSR count). The predicted octanol–water partition coefficient (Wildman–Crippen LogP) is 4.56. The summed E-state index contributed by atoms with van der Waals surface area (Å²) >= 11 is 5.98. The Morgan fingerprint density at radius 2 is 1.70 bits per heavy atom. The van der Waals surface area contributed by atoms with Gasteiger partial charge in [0.25, 0.3) is 15.9 Å². The van der Waals surface area contributed by atoms with Crippen molar-refractivity contribution < 1.29 is 26.3 Å². The van der Waals surface area contributed by atoms with Crippen LogP contribution in [0.2, 0.25) is 5.02 Å². The van der Waals surface area contributed by atoms with E-state index in [0.29, 0.717) is 0 Å². The lowest BCUT2D eigenvalue weighted by molar-refractivity contribution is -0.198. The number of pyridine rings is 2. The Bertz CT molecular complexity index is 1410. The number of fused-ring (bicyclic) bond motifs is 1. The lowest BCUT2D eigenvalue weighted by Gasteiger charge is -2.22. The average Bonchev–Trinajstić information content (AvgIpc) is 2.77. The molecule has 170 valence electrons. The van der Waals surface area contributed by atoms with E-state index in [4.69, 9.17) is 16.3 Å². The molecule has 0 saturated carbocycles. The zero-order chi connectivity index (χ0) is 23.6. The van der Waals surface area contributed by atoms with Crippen molar-refractivity contribution in [2.45, 2.75) is 17.2 Å². The minimum atomic E-state index is -4.87. The molecule has 0 aliphatic rings. The Hall–Kier alpha value is -3.51. The van der Waals surface area contributed by atoms with E-state index in [1.165, 1.54) is 61.1 Å². The Balaban J connectivity index is 1.82. The van der Waals surface area contributed by atoms with Gasteiger partial charge in [0.2, 0.25) is 11.9 Å². The summed E-state index contributed by atoms with van der Waals surface area (Å²) in [5, 5.41) is -0.0889. The molecule has 0 fully saturated rings. The Kier molecular flexibility index (Phi) is 6.04. The van der Waals surface area contributed by atoms with Gasteiger partial charge >= 0.3 is 6.18 Å². The first-order valence-electron chi connectivity index (χ1n) is 9.17. The maximum Gasteiger partial charge on any atom is 0.429 e. The van der Waals surface area contributed by atoms with Crippen LogP contribution in [0.3, 0.4) is 0 Å². The average molecular weight is 496 g/mol. The van der Waals surface area contributed by atoms with Crippen LogP contribution >= 0.6 is 11.6 Å². The molecule has 0 aliphatic heterocycles. The number of halogens is 4. The molecule has 1 N–H and O–H groups in total. The molecule has 0 bridgehead atoms. The van der Waals surface area contributed by atoms with Crippen molar-refractivity contribution in [3.05, 3.63) is 77.8 Å². The van der Waals surface area contributed by atoms with Crippen LogP contribution in [0.25, 0.3) is 11.0 Å². The quantitative estimate of drug-likeness (QED) is 0.418. The van der Waals surface area contributed by atoms with Crippen molar-refractivity contribution >= 4 is 38.5 Å². The topological polar surface area (TPSA) is 107 Å². The summed E-state index contributed by atoms with van der Waals surface area (Å²) in [4.78, 5) is 15.4. The van der Waals surface area contributed by atoms with Crippen molar-refractivity contribution in [2.75, 3.05) is 4.72 Å². The number of nitrogens with zero attached hydrogens (tertiary/aromatic N) is 4. The highest BCUT2D eigenvalue weighted by atomic mass is 35.5. The highest BCUT2D eigenvalue weighted by Crippen LogP contribution is 2.38. The van der Waals surface area contributed by atoms with Crippen LogP contribution in [0.15, 0.2) is 72.1 Å². The highest BCUT2D eigenvalue weighted by molar-refractivity contribution is 7.92. The van der Waals surface area contributed by atoms with Gasteiger partial charge in [0, 0.05) is 24.2 Å². The predicted molar refractivity (Wildman–Crippen MR) is 113 cm³/mol. The van der Waals surface area contributed by atoms with E-state index in [-0.39, 0.29) is 26.5 Å². The van der Waals surface area contributed by atoms with Crippen LogP contribution in [-0.2, 0) is 10.0 Å². The van der Waals surface area contributed by atoms with Gasteiger partial charge in [-0.2, -0.15) is 13.2 Å². The van der Waals surface area contributed by atoms with E-state index in [1.54, 1.807) is 0 Å². The third kappa shape index (κ3) is 4.96. The molecule has 1 aromatic carbocycles. The molecule has 4 aromatic rings. The molecular weight excluding hydrogens is 483 g/mol. The lowest BCUT2D eigenvalue weighted by Crippen LogP contribution is -2.27. The van der Waals surface area contributed by atoms with Crippen LogP contribution in [0, 0.1) is 0 Å². The number of hydrogen-bond donors (Lipinski definition) is 1. The lowest BCUT2D eigenvalue weighted by atomic mass is 10.1. The summed E-state index contributed by atoms with van der Waals surface area (Å²) in [5.41, 5.74) is -0.0301. The molecular formula is C20H13ClF3N5O3S. The summed E-state index contributed by atoms with van der Waals surface area (Å²) < 4.78 is 74.6. The Labute approximate surface area is 190 Å². The summed E-state index contributed by atoms with van der Waals surface area (Å²) in [5.74, 6) is -1.25. The maximum absolute atomic E-state index is 13.8. The second kappa shape index (κ2) is 8.79. The van der Waals surface area contributed by atoms with Gasteiger partial charge in [-0.05, 0) is 24.3 Å². The van der Waals surface area contributed by atoms with E-state index >= 15 is 0 Å². The molecule has 33 heavy (non-hydrogen) atoms. The van der Waals surface area contributed by atoms with Crippen LogP contribution in [0.4, 0.5) is 19.0 Å². The van der Waals surface area contributed by atoms with E-state index in [0.717, 1.165) is 6.20 Å². The fourth-order valence-electron chi connectivity index (χ4n) is 2.85. The van der Waals surface area contributed by atoms with Crippen molar-refractivity contribution in [1.82, 2.24) is 19.9 Å². The number of sulfonamides is 1. The van der Waals surface area contributed by atoms with Gasteiger partial charge in [-0.1, -0.05) is 29.8 Å². The Morgan fingerprint density at radius 1 is 0.939 bits per heavy atom. The number of aromatic nitrogens is 4. The van der Waals surface area contributed by atoms with Crippen molar-refractivity contribution in [1.29, 1.82) is 0 Å². The second-order valence-corrected chi connectivity index (χ2v) is 8.66. The number of ether oxygens (including phenoxy) is 1. The number of rotatable bonds is 6. The van der Waals surface area contributed by atoms with E-state index in [2.05, 4.69) is 24.7 Å². The van der Waals surface area contributed by atoms with E-state index in [1.807, 2.05) is 0 Å². The normalized spacial score (nSPS) is 13.0. The van der Waals surface area contributed by atoms with Crippen LogP contribution in [-0.4, -0.2) is 34.5 Å². The number of nitrogens with one attached hydrogen (secondary N) is 1. The molecule has 0 spiro atoms. The monoisotopic (exact) mass is 495 g/mol. The third-order valence-electron chi connectivity index (χ3n) is 4.31. The van der Waals surface area contributed by atoms with E-state index < -0.39 is 34.0 Å². The first-order chi connectivity index (χ1) is 15.6. The van der Waals surface area contributed by atoms with Gasteiger partial charge in [-0.3, -0.25) is 14.7 Å². The zero-order valence-corrected chi connectivity index (χ0v) is 17.9. The Morgan fingerprint density at radius 3 is 2.39 bits per heavy atom. The van der Waals surface area contributed by atoms with Gasteiger partial charge in [0.15, 0.2) is 0 Å². The van der Waals surface area contributed by atoms with Crippen molar-refractivity contribution in [3.63, 3.8) is 0 Å². The molecule has 0 amide bonds. The maximum atomic E-state index is 13.8. The van der Waals surface area contributed by atoms with Gasteiger partial charge in [0.05, 0.1) is 16.7 Å². The number of hydrogen-bond acceptors (Lipinski definition) is 7. The first kappa shape index (κ1) is 22.7. The summed E-state index contributed by atoms with van der Waals surface area (Å²) in [6.45, 7) is 0. The molecule has 8 nitrogen and oxygen atoms in total. The fourth-order valence-corrected chi connectivity index (χ4v) is 4.37. The largest absolute Gasteiger partial charge is 0.457 e. The van der Waals surface area contributed by atoms with Gasteiger partial charge in [-0.15, -0.1) is 0 Å². The van der Waals surface area contributed by atoms with Crippen molar-refractivity contribution in [2.24, 2.45) is 0 Å². The molecule has 0 saturated heterocycles. The molecule has 3 heterocycles. The van der Waals surface area contributed by atoms with Crippen LogP contribution in [0.5, 0.6) is 5.88 Å². The number of anilines is 1. The molecule has 0 aliphatic carbocycles. The molecule has 0 radical (unpaired) electrons. The summed E-state index contributed by atoms with van der Waals surface area (Å²) in [6, 6.07) is 9.47. The standard InChI is InChI=1S/C20H13ClF3N5O3S/c21-13-5-1-2-6-16(13)33(30,31)29-18-19(28-15-11-26-9-7-14(15)27-18)32-17(20(22,23)24)12-4-3-8-25-10-12/h1-11,17H,(H,27,29). The smallest absolute Gasteiger partial charge is 0.429 e. The van der Waals surface area contributed by atoms with Crippen molar-refractivity contribution in [3.8, 4) is 5.88 Å². The molecule has 1 atom stereocenters. The molecule has 1 unspecified atom stereocenters. The van der Waals surface area contributed by atoms with E-state index in [9.17, 15) is 21.6 Å². The highest BCUT2D eigenvalue weighted by Gasteiger charge is 2.44. The second-order valence-electron chi connectivity index (χ2n) is 6.60. The minimum absolute atomic E-state index is 0.0889. The van der Waals surface area contributed by atoms with Crippen LogP contribution < -0.4 is 9.46 Å². The minimum Gasteiger partial charge on any atom is -0.457 e. The SMILES string of the molecule is O=S(=O)(Nc1nc2ccncc2nc1OC(c1cccnc1)C(F)(F)F)c1ccccc1Cl.